The fourth-order valence-electron chi connectivity index (χ4n) is 6.18. The lowest BCUT2D eigenvalue weighted by atomic mass is 9.82. The second-order valence-electron chi connectivity index (χ2n) is 15.6. The summed E-state index contributed by atoms with van der Waals surface area (Å²) < 4.78 is 17.5. The van der Waals surface area contributed by atoms with Gasteiger partial charge in [0, 0.05) is 29.7 Å². The number of carbonyl (C=O) groups is 4. The van der Waals surface area contributed by atoms with Crippen molar-refractivity contribution in [2.45, 2.75) is 111 Å². The Balaban J connectivity index is 1.64. The first-order valence-corrected chi connectivity index (χ1v) is 18.2. The predicted octanol–water partition coefficient (Wildman–Crippen LogP) is 6.29. The van der Waals surface area contributed by atoms with Gasteiger partial charge < -0.3 is 30.2 Å². The Bertz CT molecular complexity index is 1730. The maximum absolute atomic E-state index is 14.0. The van der Waals surface area contributed by atoms with Crippen LogP contribution in [-0.2, 0) is 41.6 Å². The minimum Gasteiger partial charge on any atom is -0.495 e. The van der Waals surface area contributed by atoms with Crippen LogP contribution in [0.1, 0.15) is 84.1 Å². The standard InChI is InChI=1S/C39H51ClN6O7/c1-22(33-34(53-33)26-15-12-24(13-16-26)21-42-46-41)30-10-9-11-32(47)44-28(19-25-14-17-31(51-8)27(40)18-25)35(48)43-23(2)39(6,7)37(50)45-29(36(49)52-30)20-38(3,4)5/h9,11-18,22-23,28-30,33-34H,10,19-21H2,1-8H3,(H,43,48)(H,44,47)(H,45,50)/b11-9-/t22-,23-,28+,29-,30-,33+,34+/m0/s1. The summed E-state index contributed by atoms with van der Waals surface area (Å²) in [7, 11) is 1.50. The number of cyclic esters (lactones) is 1. The zero-order chi connectivity index (χ0) is 39.1. The van der Waals surface area contributed by atoms with E-state index in [2.05, 4.69) is 26.0 Å². The summed E-state index contributed by atoms with van der Waals surface area (Å²) in [6.45, 7) is 13.2. The predicted molar refractivity (Wildman–Crippen MR) is 201 cm³/mol. The molecule has 0 aliphatic carbocycles. The van der Waals surface area contributed by atoms with E-state index < -0.39 is 53.3 Å². The molecule has 2 aliphatic heterocycles. The van der Waals surface area contributed by atoms with E-state index in [1.807, 2.05) is 52.0 Å². The van der Waals surface area contributed by atoms with Crippen LogP contribution in [0.5, 0.6) is 5.75 Å². The van der Waals surface area contributed by atoms with E-state index in [0.29, 0.717) is 22.8 Å². The summed E-state index contributed by atoms with van der Waals surface area (Å²) in [5.41, 5.74) is 9.59. The average Bonchev–Trinajstić information content (AvgIpc) is 3.89. The Morgan fingerprint density at radius 1 is 1.04 bits per heavy atom. The van der Waals surface area contributed by atoms with Gasteiger partial charge in [-0.3, -0.25) is 14.4 Å². The van der Waals surface area contributed by atoms with E-state index in [0.717, 1.165) is 11.1 Å². The molecular weight excluding hydrogens is 700 g/mol. The number of amides is 3. The van der Waals surface area contributed by atoms with Crippen LogP contribution in [0.3, 0.4) is 0 Å². The molecule has 53 heavy (non-hydrogen) atoms. The van der Waals surface area contributed by atoms with Gasteiger partial charge in [-0.1, -0.05) is 80.8 Å². The van der Waals surface area contributed by atoms with Gasteiger partial charge in [-0.25, -0.2) is 4.79 Å². The number of halogens is 1. The Morgan fingerprint density at radius 3 is 2.34 bits per heavy atom. The molecule has 2 aliphatic rings. The number of nitrogens with one attached hydrogen (secondary N) is 3. The minimum absolute atomic E-state index is 0.117. The number of azide groups is 1. The molecule has 1 saturated heterocycles. The summed E-state index contributed by atoms with van der Waals surface area (Å²) in [6, 6.07) is 10.0. The number of carbonyl (C=O) groups excluding carboxylic acids is 4. The lowest BCUT2D eigenvalue weighted by Gasteiger charge is -2.35. The maximum atomic E-state index is 14.0. The van der Waals surface area contributed by atoms with Crippen LogP contribution < -0.4 is 20.7 Å². The molecule has 2 aromatic rings. The largest absolute Gasteiger partial charge is 0.495 e. The summed E-state index contributed by atoms with van der Waals surface area (Å²) in [5, 5.41) is 12.6. The summed E-state index contributed by atoms with van der Waals surface area (Å²) >= 11 is 6.36. The first-order chi connectivity index (χ1) is 24.9. The van der Waals surface area contributed by atoms with Crippen LogP contribution in [0, 0.1) is 16.7 Å². The van der Waals surface area contributed by atoms with E-state index >= 15 is 0 Å². The number of nitrogens with zero attached hydrogens (tertiary/aromatic N) is 3. The monoisotopic (exact) mass is 750 g/mol. The van der Waals surface area contributed by atoms with Crippen molar-refractivity contribution in [2.24, 2.45) is 21.9 Å². The summed E-state index contributed by atoms with van der Waals surface area (Å²) in [5.74, 6) is -1.88. The second kappa shape index (κ2) is 17.5. The van der Waals surface area contributed by atoms with Crippen LogP contribution in [0.25, 0.3) is 10.4 Å². The molecule has 1 fully saturated rings. The second-order valence-corrected chi connectivity index (χ2v) is 16.0. The van der Waals surface area contributed by atoms with Crippen molar-refractivity contribution >= 4 is 35.3 Å². The third-order valence-electron chi connectivity index (χ3n) is 9.88. The molecule has 2 aromatic carbocycles. The number of hydrogen-bond donors (Lipinski definition) is 3. The fourth-order valence-corrected chi connectivity index (χ4v) is 6.46. The first kappa shape index (κ1) is 41.2. The molecule has 3 N–H and O–H groups in total. The third kappa shape index (κ3) is 11.2. The Kier molecular flexibility index (Phi) is 13.6. The quantitative estimate of drug-likeness (QED) is 0.0885. The number of hydrogen-bond acceptors (Lipinski definition) is 8. The van der Waals surface area contributed by atoms with E-state index in [4.69, 9.17) is 31.3 Å². The molecule has 0 spiro atoms. The topological polar surface area (TPSA) is 184 Å². The van der Waals surface area contributed by atoms with Crippen molar-refractivity contribution in [3.63, 3.8) is 0 Å². The molecule has 4 rings (SSSR count). The van der Waals surface area contributed by atoms with Gasteiger partial charge in [0.1, 0.15) is 30.0 Å². The van der Waals surface area contributed by atoms with Crippen molar-refractivity contribution in [3.05, 3.63) is 86.8 Å². The summed E-state index contributed by atoms with van der Waals surface area (Å²) in [6.07, 6.45) is 2.27. The molecule has 14 heteroatoms. The first-order valence-electron chi connectivity index (χ1n) is 17.8. The normalized spacial score (nSPS) is 26.5. The zero-order valence-corrected chi connectivity index (χ0v) is 32.4. The minimum atomic E-state index is -1.17. The van der Waals surface area contributed by atoms with Gasteiger partial charge in [0.25, 0.3) is 0 Å². The van der Waals surface area contributed by atoms with Crippen molar-refractivity contribution in [1.82, 2.24) is 16.0 Å². The van der Waals surface area contributed by atoms with Crippen LogP contribution in [0.2, 0.25) is 5.02 Å². The summed E-state index contributed by atoms with van der Waals surface area (Å²) in [4.78, 5) is 57.8. The lowest BCUT2D eigenvalue weighted by molar-refractivity contribution is -0.157. The number of epoxide rings is 1. The fraction of sp³-hybridized carbons (Fsp3) is 0.538. The van der Waals surface area contributed by atoms with Gasteiger partial charge in [-0.05, 0) is 73.0 Å². The van der Waals surface area contributed by atoms with Crippen molar-refractivity contribution < 1.29 is 33.4 Å². The van der Waals surface area contributed by atoms with E-state index in [1.165, 1.54) is 13.2 Å². The number of ether oxygens (including phenoxy) is 3. The van der Waals surface area contributed by atoms with Crippen LogP contribution in [0.15, 0.2) is 59.7 Å². The molecule has 0 radical (unpaired) electrons. The molecular formula is C39H51ClN6O7. The Labute approximate surface area is 316 Å². The molecule has 0 aromatic heterocycles. The van der Waals surface area contributed by atoms with Gasteiger partial charge in [0.2, 0.25) is 17.7 Å². The highest BCUT2D eigenvalue weighted by Crippen LogP contribution is 2.45. The van der Waals surface area contributed by atoms with Gasteiger partial charge in [-0.15, -0.1) is 0 Å². The van der Waals surface area contributed by atoms with Gasteiger partial charge in [0.05, 0.1) is 30.2 Å². The van der Waals surface area contributed by atoms with Crippen LogP contribution in [0.4, 0.5) is 0 Å². The highest BCUT2D eigenvalue weighted by atomic mass is 35.5. The molecule has 0 unspecified atom stereocenters. The maximum Gasteiger partial charge on any atom is 0.328 e. The zero-order valence-electron chi connectivity index (χ0n) is 31.6. The number of benzene rings is 2. The molecule has 13 nitrogen and oxygen atoms in total. The van der Waals surface area contributed by atoms with E-state index in [-0.39, 0.29) is 42.9 Å². The third-order valence-corrected chi connectivity index (χ3v) is 10.2. The van der Waals surface area contributed by atoms with Crippen molar-refractivity contribution in [1.29, 1.82) is 0 Å². The van der Waals surface area contributed by atoms with Gasteiger partial charge >= 0.3 is 5.97 Å². The molecule has 286 valence electrons. The highest BCUT2D eigenvalue weighted by Gasteiger charge is 2.48. The van der Waals surface area contributed by atoms with Crippen molar-refractivity contribution in [2.75, 3.05) is 7.11 Å². The van der Waals surface area contributed by atoms with E-state index in [1.54, 1.807) is 45.0 Å². The van der Waals surface area contributed by atoms with Crippen LogP contribution >= 0.6 is 11.6 Å². The van der Waals surface area contributed by atoms with Gasteiger partial charge in [0.15, 0.2) is 0 Å². The average molecular weight is 751 g/mol. The Hall–Kier alpha value is -4.58. The SMILES string of the molecule is COc1ccc(C[C@H]2NC(=O)/C=C\C[C@@H]([C@H](C)[C@H]3O[C@@H]3c3ccc(CN=[N+]=[N-])cc3)OC(=O)[C@H](CC(C)(C)C)NC(=O)C(C)(C)[C@H](C)NC2=O)cc1Cl. The number of rotatable bonds is 9. The van der Waals surface area contributed by atoms with Gasteiger partial charge in [-0.2, -0.15) is 0 Å². The molecule has 0 saturated carbocycles. The molecule has 7 atom stereocenters. The van der Waals surface area contributed by atoms with E-state index in [9.17, 15) is 19.2 Å². The van der Waals surface area contributed by atoms with Crippen molar-refractivity contribution in [3.8, 4) is 5.75 Å². The highest BCUT2D eigenvalue weighted by molar-refractivity contribution is 6.32. The smallest absolute Gasteiger partial charge is 0.328 e. The molecule has 2 heterocycles. The Morgan fingerprint density at radius 2 is 1.72 bits per heavy atom. The molecule has 0 bridgehead atoms. The van der Waals surface area contributed by atoms with Crippen LogP contribution in [-0.4, -0.2) is 61.1 Å². The molecule has 3 amide bonds. The number of methoxy groups -OCH3 is 1. The number of esters is 1. The lowest BCUT2D eigenvalue weighted by Crippen LogP contribution is -2.58.